The van der Waals surface area contributed by atoms with Crippen molar-refractivity contribution < 1.29 is 13.5 Å². The first-order valence-corrected chi connectivity index (χ1v) is 6.94. The molecule has 0 saturated heterocycles. The fourth-order valence-corrected chi connectivity index (χ4v) is 2.20. The van der Waals surface area contributed by atoms with E-state index >= 15 is 0 Å². The summed E-state index contributed by atoms with van der Waals surface area (Å²) in [7, 11) is -3.46. The Hall–Kier alpha value is -1.13. The van der Waals surface area contributed by atoms with Gasteiger partial charge in [-0.15, -0.1) is 0 Å². The van der Waals surface area contributed by atoms with Gasteiger partial charge in [-0.25, -0.2) is 8.42 Å². The zero-order valence-electron chi connectivity index (χ0n) is 10.3. The van der Waals surface area contributed by atoms with Crippen molar-refractivity contribution in [3.05, 3.63) is 41.8 Å². The summed E-state index contributed by atoms with van der Waals surface area (Å²) in [6.07, 6.45) is 0.531. The molecule has 0 unspecified atom stereocenters. The average Bonchev–Trinajstić information content (AvgIpc) is 2.26. The van der Waals surface area contributed by atoms with E-state index in [-0.39, 0.29) is 10.3 Å². The first kappa shape index (κ1) is 13.9. The maximum Gasteiger partial charge on any atom is 0.199 e. The van der Waals surface area contributed by atoms with Gasteiger partial charge in [0.15, 0.2) is 9.84 Å². The van der Waals surface area contributed by atoms with Crippen molar-refractivity contribution in [2.45, 2.75) is 31.8 Å². The lowest BCUT2D eigenvalue weighted by molar-refractivity contribution is 0.105. The van der Waals surface area contributed by atoms with Crippen molar-refractivity contribution in [3.63, 3.8) is 0 Å². The Morgan fingerprint density at radius 1 is 1.18 bits per heavy atom. The Bertz CT molecular complexity index is 481. The van der Waals surface area contributed by atoms with Crippen molar-refractivity contribution in [2.75, 3.05) is 0 Å². The third kappa shape index (κ3) is 3.98. The molecule has 3 nitrogen and oxygen atoms in total. The summed E-state index contributed by atoms with van der Waals surface area (Å²) in [5, 5.41) is 10.8. The van der Waals surface area contributed by atoms with Gasteiger partial charge in [-0.05, 0) is 23.6 Å². The van der Waals surface area contributed by atoms with Crippen molar-refractivity contribution in [2.24, 2.45) is 5.41 Å². The largest absolute Gasteiger partial charge is 0.388 e. The normalized spacial score (nSPS) is 15.1. The molecule has 0 amide bonds. The van der Waals surface area contributed by atoms with Gasteiger partial charge in [0.2, 0.25) is 0 Å². The maximum absolute atomic E-state index is 11.9. The Balaban J connectivity index is 2.93. The minimum atomic E-state index is -3.46. The summed E-state index contributed by atoms with van der Waals surface area (Å²) in [5.74, 6) is 0. The summed E-state index contributed by atoms with van der Waals surface area (Å²) in [4.78, 5) is 0.234. The van der Waals surface area contributed by atoms with Gasteiger partial charge < -0.3 is 5.11 Å². The van der Waals surface area contributed by atoms with E-state index in [9.17, 15) is 13.5 Å². The van der Waals surface area contributed by atoms with E-state index < -0.39 is 15.9 Å². The van der Waals surface area contributed by atoms with Gasteiger partial charge in [0.05, 0.1) is 11.0 Å². The van der Waals surface area contributed by atoms with Crippen LogP contribution in [-0.4, -0.2) is 19.6 Å². The van der Waals surface area contributed by atoms with Gasteiger partial charge in [-0.1, -0.05) is 39.0 Å². The molecule has 1 aromatic carbocycles. The van der Waals surface area contributed by atoms with E-state index in [0.29, 0.717) is 0 Å². The Morgan fingerprint density at radius 2 is 1.71 bits per heavy atom. The zero-order chi connectivity index (χ0) is 13.1. The van der Waals surface area contributed by atoms with Gasteiger partial charge in [0.25, 0.3) is 0 Å². The highest BCUT2D eigenvalue weighted by Crippen LogP contribution is 2.21. The molecule has 4 heteroatoms. The molecule has 0 fully saturated rings. The molecule has 1 aromatic rings. The van der Waals surface area contributed by atoms with Crippen LogP contribution in [-0.2, 0) is 9.84 Å². The third-order valence-electron chi connectivity index (χ3n) is 2.40. The number of rotatable bonds is 3. The van der Waals surface area contributed by atoms with Crippen LogP contribution >= 0.6 is 0 Å². The number of aliphatic hydroxyl groups excluding tert-OH is 1. The van der Waals surface area contributed by atoms with Crippen LogP contribution in [0.5, 0.6) is 0 Å². The second-order valence-corrected chi connectivity index (χ2v) is 6.83. The molecule has 0 aromatic heterocycles. The standard InChI is InChI=1S/C13H18O3S/c1-13(2,3)12(14)9-10-17(15,16)11-7-5-4-6-8-11/h4-10,12,14H,1-3H3/b10-9+/t12-/m0/s1. The van der Waals surface area contributed by atoms with E-state index in [0.717, 1.165) is 5.41 Å². The van der Waals surface area contributed by atoms with Crippen LogP contribution in [0.2, 0.25) is 0 Å². The van der Waals surface area contributed by atoms with Crippen LogP contribution in [0.4, 0.5) is 0 Å². The fraction of sp³-hybridized carbons (Fsp3) is 0.385. The minimum absolute atomic E-state index is 0.234. The molecule has 1 atom stereocenters. The molecule has 0 radical (unpaired) electrons. The van der Waals surface area contributed by atoms with Crippen LogP contribution < -0.4 is 0 Å². The molecule has 0 heterocycles. The fourth-order valence-electron chi connectivity index (χ4n) is 1.16. The second kappa shape index (κ2) is 5.02. The quantitative estimate of drug-likeness (QED) is 0.901. The number of aliphatic hydroxyl groups is 1. The molecular weight excluding hydrogens is 236 g/mol. The van der Waals surface area contributed by atoms with Gasteiger partial charge in [0, 0.05) is 5.41 Å². The highest BCUT2D eigenvalue weighted by molar-refractivity contribution is 7.94. The molecule has 0 saturated carbocycles. The predicted octanol–water partition coefficient (Wildman–Crippen LogP) is 2.38. The average molecular weight is 254 g/mol. The molecule has 17 heavy (non-hydrogen) atoms. The Morgan fingerprint density at radius 3 is 2.18 bits per heavy atom. The van der Waals surface area contributed by atoms with Gasteiger partial charge in [-0.3, -0.25) is 0 Å². The number of hydrogen-bond acceptors (Lipinski definition) is 3. The molecule has 0 aliphatic heterocycles. The molecular formula is C13H18O3S. The van der Waals surface area contributed by atoms with E-state index in [4.69, 9.17) is 0 Å². The minimum Gasteiger partial charge on any atom is -0.388 e. The summed E-state index contributed by atoms with van der Waals surface area (Å²) in [6.45, 7) is 5.53. The van der Waals surface area contributed by atoms with E-state index in [2.05, 4.69) is 0 Å². The summed E-state index contributed by atoms with van der Waals surface area (Å²) >= 11 is 0. The number of hydrogen-bond donors (Lipinski definition) is 1. The molecule has 1 rings (SSSR count). The molecule has 0 spiro atoms. The topological polar surface area (TPSA) is 54.4 Å². The smallest absolute Gasteiger partial charge is 0.199 e. The lowest BCUT2D eigenvalue weighted by Gasteiger charge is -2.22. The summed E-state index contributed by atoms with van der Waals surface area (Å²) < 4.78 is 23.7. The van der Waals surface area contributed by atoms with E-state index in [1.54, 1.807) is 18.2 Å². The lowest BCUT2D eigenvalue weighted by Crippen LogP contribution is -2.23. The van der Waals surface area contributed by atoms with Crippen LogP contribution in [0, 0.1) is 5.41 Å². The molecule has 1 N–H and O–H groups in total. The summed E-state index contributed by atoms with van der Waals surface area (Å²) in [6, 6.07) is 8.15. The van der Waals surface area contributed by atoms with Crippen molar-refractivity contribution in [1.29, 1.82) is 0 Å². The van der Waals surface area contributed by atoms with E-state index in [1.165, 1.54) is 18.2 Å². The van der Waals surface area contributed by atoms with Crippen LogP contribution in [0.3, 0.4) is 0 Å². The highest BCUT2D eigenvalue weighted by atomic mass is 32.2. The summed E-state index contributed by atoms with van der Waals surface area (Å²) in [5.41, 5.74) is -0.372. The van der Waals surface area contributed by atoms with E-state index in [1.807, 2.05) is 20.8 Å². The van der Waals surface area contributed by atoms with Crippen LogP contribution in [0.25, 0.3) is 0 Å². The molecule has 0 aliphatic rings. The van der Waals surface area contributed by atoms with Crippen molar-refractivity contribution in [3.8, 4) is 0 Å². The lowest BCUT2D eigenvalue weighted by atomic mass is 9.89. The van der Waals surface area contributed by atoms with Gasteiger partial charge >= 0.3 is 0 Å². The van der Waals surface area contributed by atoms with Gasteiger partial charge in [0.1, 0.15) is 0 Å². The Kier molecular flexibility index (Phi) is 4.11. The first-order chi connectivity index (χ1) is 7.73. The SMILES string of the molecule is CC(C)(C)[C@@H](O)/C=C/S(=O)(=O)c1ccccc1. The maximum atomic E-state index is 11.9. The number of sulfone groups is 1. The number of benzene rings is 1. The second-order valence-electron chi connectivity index (χ2n) is 5.00. The van der Waals surface area contributed by atoms with Gasteiger partial charge in [-0.2, -0.15) is 0 Å². The Labute approximate surface area is 103 Å². The molecule has 94 valence electrons. The van der Waals surface area contributed by atoms with Crippen LogP contribution in [0.15, 0.2) is 46.7 Å². The zero-order valence-corrected chi connectivity index (χ0v) is 11.1. The highest BCUT2D eigenvalue weighted by Gasteiger charge is 2.20. The first-order valence-electron chi connectivity index (χ1n) is 5.40. The predicted molar refractivity (Wildman–Crippen MR) is 68.2 cm³/mol. The van der Waals surface area contributed by atoms with Crippen molar-refractivity contribution >= 4 is 9.84 Å². The molecule has 0 bridgehead atoms. The third-order valence-corrected chi connectivity index (χ3v) is 3.84. The van der Waals surface area contributed by atoms with Crippen LogP contribution in [0.1, 0.15) is 20.8 Å². The monoisotopic (exact) mass is 254 g/mol. The molecule has 0 aliphatic carbocycles. The van der Waals surface area contributed by atoms with Crippen molar-refractivity contribution in [1.82, 2.24) is 0 Å².